The van der Waals surface area contributed by atoms with Gasteiger partial charge in [0.15, 0.2) is 0 Å². The van der Waals surface area contributed by atoms with E-state index >= 15 is 0 Å². The maximum absolute atomic E-state index is 12.1. The summed E-state index contributed by atoms with van der Waals surface area (Å²) in [5, 5.41) is 0. The van der Waals surface area contributed by atoms with Gasteiger partial charge in [0.05, 0.1) is 0 Å². The van der Waals surface area contributed by atoms with Crippen LogP contribution in [0.5, 0.6) is 0 Å². The minimum atomic E-state index is -0.206. The van der Waals surface area contributed by atoms with Crippen molar-refractivity contribution < 1.29 is 14.3 Å². The molecule has 2 atom stereocenters. The Hall–Kier alpha value is -1.84. The third-order valence-electron chi connectivity index (χ3n) is 4.98. The summed E-state index contributed by atoms with van der Waals surface area (Å²) in [5.74, 6) is 2.01. The Bertz CT molecular complexity index is 508. The average molecular weight is 301 g/mol. The Morgan fingerprint density at radius 1 is 1.23 bits per heavy atom. The molecule has 2 fully saturated rings. The molecule has 1 aliphatic carbocycles. The molecule has 1 aliphatic heterocycles. The van der Waals surface area contributed by atoms with Crippen molar-refractivity contribution in [2.75, 3.05) is 13.1 Å². The highest BCUT2D eigenvalue weighted by molar-refractivity contribution is 5.67. The fraction of sp³-hybridized carbons (Fsp3) is 0.556. The van der Waals surface area contributed by atoms with E-state index in [0.29, 0.717) is 30.8 Å². The second-order valence-corrected chi connectivity index (χ2v) is 6.43. The fourth-order valence-corrected chi connectivity index (χ4v) is 3.56. The van der Waals surface area contributed by atoms with E-state index in [1.165, 1.54) is 6.42 Å². The molecule has 1 amide bonds. The van der Waals surface area contributed by atoms with Crippen molar-refractivity contribution in [1.29, 1.82) is 0 Å². The van der Waals surface area contributed by atoms with Gasteiger partial charge in [-0.2, -0.15) is 0 Å². The molecule has 4 heteroatoms. The summed E-state index contributed by atoms with van der Waals surface area (Å²) in [7, 11) is 0. The van der Waals surface area contributed by atoms with E-state index in [9.17, 15) is 9.59 Å². The van der Waals surface area contributed by atoms with Crippen LogP contribution in [-0.2, 0) is 16.1 Å². The second-order valence-electron chi connectivity index (χ2n) is 6.43. The monoisotopic (exact) mass is 301 g/mol. The van der Waals surface area contributed by atoms with E-state index in [1.807, 2.05) is 35.2 Å². The highest BCUT2D eigenvalue weighted by Crippen LogP contribution is 2.49. The van der Waals surface area contributed by atoms with Crippen LogP contribution in [-0.4, -0.2) is 30.4 Å². The second kappa shape index (κ2) is 6.95. The van der Waals surface area contributed by atoms with Crippen molar-refractivity contribution in [3.05, 3.63) is 35.9 Å². The van der Waals surface area contributed by atoms with Gasteiger partial charge in [0.25, 0.3) is 0 Å². The SMILES string of the molecule is O=CC[C@H]1C[C@@H]1C1CCN(C(=O)OCc2ccccc2)CC1. The van der Waals surface area contributed by atoms with E-state index in [4.69, 9.17) is 4.74 Å². The third kappa shape index (κ3) is 3.67. The summed E-state index contributed by atoms with van der Waals surface area (Å²) >= 11 is 0. The van der Waals surface area contributed by atoms with Gasteiger partial charge >= 0.3 is 6.09 Å². The number of ether oxygens (including phenoxy) is 1. The topological polar surface area (TPSA) is 46.6 Å². The maximum atomic E-state index is 12.1. The standard InChI is InChI=1S/C18H23NO3/c20-11-8-16-12-17(16)15-6-9-19(10-7-15)18(21)22-13-14-4-2-1-3-5-14/h1-5,11,15-17H,6-10,12-13H2/t16-,17+/m0/s1. The van der Waals surface area contributed by atoms with Gasteiger partial charge in [-0.25, -0.2) is 4.79 Å². The predicted molar refractivity (Wildman–Crippen MR) is 83.2 cm³/mol. The van der Waals surface area contributed by atoms with Gasteiger partial charge in [-0.15, -0.1) is 0 Å². The highest BCUT2D eigenvalue weighted by Gasteiger charge is 2.43. The van der Waals surface area contributed by atoms with Crippen LogP contribution in [0.2, 0.25) is 0 Å². The van der Waals surface area contributed by atoms with E-state index < -0.39 is 0 Å². The van der Waals surface area contributed by atoms with Gasteiger partial charge < -0.3 is 14.4 Å². The van der Waals surface area contributed by atoms with Crippen LogP contribution in [0, 0.1) is 17.8 Å². The molecule has 0 bridgehead atoms. The van der Waals surface area contributed by atoms with Crippen molar-refractivity contribution in [2.24, 2.45) is 17.8 Å². The number of rotatable bonds is 5. The summed E-state index contributed by atoms with van der Waals surface area (Å²) < 4.78 is 5.38. The first-order chi connectivity index (χ1) is 10.8. The zero-order valence-corrected chi connectivity index (χ0v) is 12.8. The largest absolute Gasteiger partial charge is 0.445 e. The normalized spacial score (nSPS) is 24.8. The molecule has 118 valence electrons. The number of aldehydes is 1. The van der Waals surface area contributed by atoms with Crippen LogP contribution >= 0.6 is 0 Å². The molecule has 1 saturated heterocycles. The van der Waals surface area contributed by atoms with Crippen LogP contribution in [0.3, 0.4) is 0 Å². The zero-order chi connectivity index (χ0) is 15.4. The highest BCUT2D eigenvalue weighted by atomic mass is 16.6. The molecule has 0 aromatic heterocycles. The Kier molecular flexibility index (Phi) is 4.76. The molecule has 1 saturated carbocycles. The van der Waals surface area contributed by atoms with Gasteiger partial charge in [-0.05, 0) is 42.6 Å². The van der Waals surface area contributed by atoms with Crippen LogP contribution in [0.15, 0.2) is 30.3 Å². The number of likely N-dealkylation sites (tertiary alicyclic amines) is 1. The van der Waals surface area contributed by atoms with Gasteiger partial charge in [-0.3, -0.25) is 0 Å². The van der Waals surface area contributed by atoms with Crippen LogP contribution in [0.1, 0.15) is 31.2 Å². The lowest BCUT2D eigenvalue weighted by Crippen LogP contribution is -2.39. The van der Waals surface area contributed by atoms with Crippen LogP contribution in [0.25, 0.3) is 0 Å². The van der Waals surface area contributed by atoms with Gasteiger partial charge in [-0.1, -0.05) is 30.3 Å². The smallest absolute Gasteiger partial charge is 0.410 e. The number of amides is 1. The lowest BCUT2D eigenvalue weighted by Gasteiger charge is -2.31. The zero-order valence-electron chi connectivity index (χ0n) is 12.8. The minimum absolute atomic E-state index is 0.206. The Labute approximate surface area is 131 Å². The molecular weight excluding hydrogens is 278 g/mol. The van der Waals surface area contributed by atoms with E-state index in [-0.39, 0.29) is 6.09 Å². The Morgan fingerprint density at radius 2 is 1.95 bits per heavy atom. The van der Waals surface area contributed by atoms with Crippen molar-refractivity contribution in [3.63, 3.8) is 0 Å². The number of hydrogen-bond acceptors (Lipinski definition) is 3. The summed E-state index contributed by atoms with van der Waals surface area (Å²) in [6, 6.07) is 9.76. The van der Waals surface area contributed by atoms with Gasteiger partial charge in [0.1, 0.15) is 12.9 Å². The predicted octanol–water partition coefficient (Wildman–Crippen LogP) is 3.26. The number of benzene rings is 1. The first-order valence-electron chi connectivity index (χ1n) is 8.17. The number of nitrogens with zero attached hydrogens (tertiary/aromatic N) is 1. The molecule has 0 radical (unpaired) electrons. The van der Waals surface area contributed by atoms with E-state index in [1.54, 1.807) is 0 Å². The average Bonchev–Trinajstić information content (AvgIpc) is 3.33. The van der Waals surface area contributed by atoms with Gasteiger partial charge in [0.2, 0.25) is 0 Å². The molecule has 4 nitrogen and oxygen atoms in total. The number of piperidine rings is 1. The third-order valence-corrected chi connectivity index (χ3v) is 4.98. The van der Waals surface area contributed by atoms with Crippen molar-refractivity contribution in [2.45, 2.75) is 32.3 Å². The first-order valence-corrected chi connectivity index (χ1v) is 8.17. The Morgan fingerprint density at radius 3 is 2.64 bits per heavy atom. The minimum Gasteiger partial charge on any atom is -0.445 e. The lowest BCUT2D eigenvalue weighted by atomic mass is 9.91. The van der Waals surface area contributed by atoms with Crippen molar-refractivity contribution in [1.82, 2.24) is 4.90 Å². The Balaban J connectivity index is 1.39. The number of carbonyl (C=O) groups is 2. The van der Waals surface area contributed by atoms with Gasteiger partial charge in [0, 0.05) is 19.5 Å². The molecule has 3 rings (SSSR count). The summed E-state index contributed by atoms with van der Waals surface area (Å²) in [4.78, 5) is 24.4. The molecular formula is C18H23NO3. The molecule has 1 aromatic carbocycles. The molecule has 1 heterocycles. The first kappa shape index (κ1) is 15.1. The summed E-state index contributed by atoms with van der Waals surface area (Å²) in [5.41, 5.74) is 1.01. The van der Waals surface area contributed by atoms with Crippen LogP contribution in [0.4, 0.5) is 4.79 Å². The molecule has 2 aliphatic rings. The molecule has 0 spiro atoms. The summed E-state index contributed by atoms with van der Waals surface area (Å²) in [6.45, 7) is 1.90. The van der Waals surface area contributed by atoms with E-state index in [2.05, 4.69) is 0 Å². The van der Waals surface area contributed by atoms with E-state index in [0.717, 1.165) is 37.8 Å². The van der Waals surface area contributed by atoms with Crippen molar-refractivity contribution in [3.8, 4) is 0 Å². The molecule has 22 heavy (non-hydrogen) atoms. The fourth-order valence-electron chi connectivity index (χ4n) is 3.56. The number of carbonyl (C=O) groups excluding carboxylic acids is 2. The summed E-state index contributed by atoms with van der Waals surface area (Å²) in [6.07, 6.45) is 4.83. The maximum Gasteiger partial charge on any atom is 0.410 e. The van der Waals surface area contributed by atoms with Crippen molar-refractivity contribution >= 4 is 12.4 Å². The molecule has 1 aromatic rings. The van der Waals surface area contributed by atoms with Crippen LogP contribution < -0.4 is 0 Å². The molecule has 0 N–H and O–H groups in total. The lowest BCUT2D eigenvalue weighted by molar-refractivity contribution is -0.108. The number of hydrogen-bond donors (Lipinski definition) is 0. The molecule has 0 unspecified atom stereocenters. The quantitative estimate of drug-likeness (QED) is 0.784.